The fraction of sp³-hybridized carbons (Fsp3) is 0.375. The number of thioether (sulfide) groups is 2. The molecule has 1 saturated heterocycles. The number of hydrogen-bond acceptors (Lipinski definition) is 6. The van der Waals surface area contributed by atoms with E-state index < -0.39 is 6.61 Å². The van der Waals surface area contributed by atoms with E-state index in [1.807, 2.05) is 6.92 Å². The van der Waals surface area contributed by atoms with Crippen LogP contribution < -0.4 is 10.1 Å². The van der Waals surface area contributed by atoms with E-state index in [-0.39, 0.29) is 16.9 Å². The second-order valence-corrected chi connectivity index (χ2v) is 8.91. The number of hydrogen-bond donors (Lipinski definition) is 1. The van der Waals surface area contributed by atoms with E-state index in [0.717, 1.165) is 33.4 Å². The molecule has 4 nitrogen and oxygen atoms in total. The molecule has 0 aliphatic carbocycles. The molecule has 1 N–H and O–H groups in total. The molecule has 0 bridgehead atoms. The van der Waals surface area contributed by atoms with E-state index in [1.54, 1.807) is 35.7 Å². The van der Waals surface area contributed by atoms with Crippen LogP contribution in [0.4, 0.5) is 13.9 Å². The topological polar surface area (TPSA) is 51.2 Å². The number of rotatable bonds is 5. The summed E-state index contributed by atoms with van der Waals surface area (Å²) in [6.45, 7) is -0.929. The van der Waals surface area contributed by atoms with Gasteiger partial charge in [0.05, 0.1) is 10.9 Å². The first kappa shape index (κ1) is 18.5. The van der Waals surface area contributed by atoms with E-state index in [0.29, 0.717) is 5.13 Å². The Morgan fingerprint density at radius 3 is 2.72 bits per heavy atom. The Bertz CT molecular complexity index is 731. The molecule has 3 rings (SSSR count). The molecule has 0 radical (unpaired) electrons. The number of amides is 1. The van der Waals surface area contributed by atoms with Gasteiger partial charge < -0.3 is 10.1 Å². The Hall–Kier alpha value is -1.32. The van der Waals surface area contributed by atoms with Crippen LogP contribution in [0.15, 0.2) is 24.3 Å². The van der Waals surface area contributed by atoms with Crippen LogP contribution >= 0.6 is 34.9 Å². The van der Waals surface area contributed by atoms with Gasteiger partial charge in [0.2, 0.25) is 5.91 Å². The third-order valence-electron chi connectivity index (χ3n) is 3.49. The van der Waals surface area contributed by atoms with Crippen molar-refractivity contribution in [1.82, 2.24) is 4.98 Å². The standard InChI is InChI=1S/C16H16F2N2O2S3/c1-9-13(10-2-4-11(5-3-10)22-15(17)18)19-16(25-9)20-14(21)12-8-23-6-7-24-12/h2-5,12,15H,6-8H2,1H3,(H,19,20,21)/t12-/m0/s1. The second kappa shape index (κ2) is 8.37. The molecular weight excluding hydrogens is 386 g/mol. The number of aryl methyl sites for hydroxylation is 1. The monoisotopic (exact) mass is 402 g/mol. The average molecular weight is 403 g/mol. The lowest BCUT2D eigenvalue weighted by molar-refractivity contribution is -0.115. The van der Waals surface area contributed by atoms with Crippen LogP contribution in [0.25, 0.3) is 11.3 Å². The van der Waals surface area contributed by atoms with E-state index in [9.17, 15) is 13.6 Å². The molecule has 2 heterocycles. The third kappa shape index (κ3) is 4.86. The van der Waals surface area contributed by atoms with Crippen LogP contribution in [0, 0.1) is 6.92 Å². The Morgan fingerprint density at radius 1 is 1.32 bits per heavy atom. The normalized spacial score (nSPS) is 17.5. The maximum atomic E-state index is 12.3. The highest BCUT2D eigenvalue weighted by Gasteiger charge is 2.23. The Balaban J connectivity index is 1.70. The highest BCUT2D eigenvalue weighted by molar-refractivity contribution is 8.07. The maximum Gasteiger partial charge on any atom is 0.387 e. The summed E-state index contributed by atoms with van der Waals surface area (Å²) < 4.78 is 28.8. The van der Waals surface area contributed by atoms with Crippen LogP contribution in [0.1, 0.15) is 4.88 Å². The van der Waals surface area contributed by atoms with Crippen molar-refractivity contribution in [2.45, 2.75) is 18.8 Å². The van der Waals surface area contributed by atoms with Gasteiger partial charge in [-0.05, 0) is 31.2 Å². The summed E-state index contributed by atoms with van der Waals surface area (Å²) in [5, 5.41) is 3.40. The Kier molecular flexibility index (Phi) is 6.19. The van der Waals surface area contributed by atoms with Crippen molar-refractivity contribution >= 4 is 45.9 Å². The van der Waals surface area contributed by atoms with Crippen LogP contribution in [0.2, 0.25) is 0 Å². The van der Waals surface area contributed by atoms with Crippen molar-refractivity contribution in [3.63, 3.8) is 0 Å². The quantitative estimate of drug-likeness (QED) is 0.798. The van der Waals surface area contributed by atoms with Gasteiger partial charge in [-0.1, -0.05) is 0 Å². The number of nitrogens with zero attached hydrogens (tertiary/aromatic N) is 1. The molecule has 1 atom stereocenters. The lowest BCUT2D eigenvalue weighted by atomic mass is 10.1. The van der Waals surface area contributed by atoms with Gasteiger partial charge in [-0.3, -0.25) is 4.79 Å². The van der Waals surface area contributed by atoms with Gasteiger partial charge in [-0.2, -0.15) is 20.5 Å². The first-order valence-electron chi connectivity index (χ1n) is 7.56. The van der Waals surface area contributed by atoms with Crippen molar-refractivity contribution in [3.8, 4) is 17.0 Å². The third-order valence-corrected chi connectivity index (χ3v) is 7.13. The van der Waals surface area contributed by atoms with Crippen molar-refractivity contribution in [1.29, 1.82) is 0 Å². The van der Waals surface area contributed by atoms with Gasteiger partial charge in [0, 0.05) is 27.7 Å². The van der Waals surface area contributed by atoms with Crippen molar-refractivity contribution in [2.24, 2.45) is 0 Å². The molecule has 1 aromatic heterocycles. The molecule has 1 aromatic carbocycles. The van der Waals surface area contributed by atoms with Gasteiger partial charge in [0.25, 0.3) is 0 Å². The first-order valence-corrected chi connectivity index (χ1v) is 10.6. The summed E-state index contributed by atoms with van der Waals surface area (Å²) in [7, 11) is 0. The molecule has 0 spiro atoms. The number of carbonyl (C=O) groups excluding carboxylic acids is 1. The molecule has 25 heavy (non-hydrogen) atoms. The fourth-order valence-electron chi connectivity index (χ4n) is 2.34. The zero-order valence-corrected chi connectivity index (χ0v) is 15.8. The van der Waals surface area contributed by atoms with Crippen molar-refractivity contribution in [2.75, 3.05) is 22.6 Å². The highest BCUT2D eigenvalue weighted by atomic mass is 32.2. The molecule has 2 aromatic rings. The number of halogens is 2. The number of ether oxygens (including phenoxy) is 1. The van der Waals surface area contributed by atoms with Crippen LogP contribution in [-0.4, -0.2) is 40.0 Å². The van der Waals surface area contributed by atoms with E-state index >= 15 is 0 Å². The summed E-state index contributed by atoms with van der Waals surface area (Å²) in [6.07, 6.45) is 0. The number of thiazole rings is 1. The number of anilines is 1. The molecule has 0 unspecified atom stereocenters. The lowest BCUT2D eigenvalue weighted by Gasteiger charge is -2.19. The van der Waals surface area contributed by atoms with Crippen molar-refractivity contribution in [3.05, 3.63) is 29.1 Å². The summed E-state index contributed by atoms with van der Waals surface area (Å²) >= 11 is 4.87. The lowest BCUT2D eigenvalue weighted by Crippen LogP contribution is -2.30. The smallest absolute Gasteiger partial charge is 0.387 e. The predicted octanol–water partition coefficient (Wildman–Crippen LogP) is 4.51. The molecule has 134 valence electrons. The largest absolute Gasteiger partial charge is 0.435 e. The zero-order valence-electron chi connectivity index (χ0n) is 13.3. The molecule has 9 heteroatoms. The number of carbonyl (C=O) groups is 1. The molecule has 1 amide bonds. The average Bonchev–Trinajstić information content (AvgIpc) is 2.96. The van der Waals surface area contributed by atoms with Gasteiger partial charge in [-0.25, -0.2) is 4.98 Å². The van der Waals surface area contributed by atoms with Crippen LogP contribution in [0.3, 0.4) is 0 Å². The number of benzene rings is 1. The zero-order chi connectivity index (χ0) is 17.8. The Morgan fingerprint density at radius 2 is 2.08 bits per heavy atom. The maximum absolute atomic E-state index is 12.3. The molecule has 1 fully saturated rings. The van der Waals surface area contributed by atoms with E-state index in [4.69, 9.17) is 0 Å². The van der Waals surface area contributed by atoms with Gasteiger partial charge >= 0.3 is 6.61 Å². The number of aromatic nitrogens is 1. The molecular formula is C16H16F2N2O2S3. The SMILES string of the molecule is Cc1sc(NC(=O)[C@@H]2CSCCS2)nc1-c1ccc(OC(F)F)cc1. The summed E-state index contributed by atoms with van der Waals surface area (Å²) in [4.78, 5) is 17.7. The second-order valence-electron chi connectivity index (χ2n) is 5.25. The minimum absolute atomic E-state index is 0.0156. The van der Waals surface area contributed by atoms with Crippen LogP contribution in [0.5, 0.6) is 5.75 Å². The van der Waals surface area contributed by atoms with Gasteiger partial charge in [-0.15, -0.1) is 23.1 Å². The molecule has 0 saturated carbocycles. The van der Waals surface area contributed by atoms with E-state index in [1.165, 1.54) is 23.5 Å². The number of alkyl halides is 2. The van der Waals surface area contributed by atoms with Crippen LogP contribution in [-0.2, 0) is 4.79 Å². The summed E-state index contributed by atoms with van der Waals surface area (Å²) in [6, 6.07) is 6.32. The fourth-order valence-corrected chi connectivity index (χ4v) is 5.73. The highest BCUT2D eigenvalue weighted by Crippen LogP contribution is 2.32. The van der Waals surface area contributed by atoms with Gasteiger partial charge in [0.1, 0.15) is 5.75 Å². The molecule has 1 aliphatic heterocycles. The summed E-state index contributed by atoms with van der Waals surface area (Å²) in [5.74, 6) is 2.97. The van der Waals surface area contributed by atoms with Crippen molar-refractivity contribution < 1.29 is 18.3 Å². The van der Waals surface area contributed by atoms with Gasteiger partial charge in [0.15, 0.2) is 5.13 Å². The van der Waals surface area contributed by atoms with E-state index in [2.05, 4.69) is 15.0 Å². The minimum Gasteiger partial charge on any atom is -0.435 e. The Labute approximate surface area is 156 Å². The summed E-state index contributed by atoms with van der Waals surface area (Å²) in [5.41, 5.74) is 1.52. The minimum atomic E-state index is -2.84. The number of nitrogens with one attached hydrogen (secondary N) is 1. The predicted molar refractivity (Wildman–Crippen MR) is 101 cm³/mol. The molecule has 1 aliphatic rings. The first-order chi connectivity index (χ1) is 12.0.